The number of nitrogens with zero attached hydrogens (tertiary/aromatic N) is 2. The molecule has 1 aliphatic rings. The summed E-state index contributed by atoms with van der Waals surface area (Å²) < 4.78 is 0. The summed E-state index contributed by atoms with van der Waals surface area (Å²) in [6.07, 6.45) is 2.25. The second kappa shape index (κ2) is 7.34. The van der Waals surface area contributed by atoms with Crippen LogP contribution in [0.15, 0.2) is 36.4 Å². The van der Waals surface area contributed by atoms with Crippen molar-refractivity contribution in [3.8, 4) is 11.3 Å². The fourth-order valence-electron chi connectivity index (χ4n) is 4.20. The van der Waals surface area contributed by atoms with E-state index in [1.54, 1.807) is 0 Å². The highest BCUT2D eigenvalue weighted by Gasteiger charge is 2.24. The van der Waals surface area contributed by atoms with Crippen LogP contribution in [0.25, 0.3) is 22.3 Å². The Bertz CT molecular complexity index is 983. The molecule has 1 aliphatic heterocycles. The number of H-pyrrole nitrogens is 1. The standard InChI is InChI=1S/C24H31N3O/c1-16-10-17(12-18(11-16)24(2,3)4)21-7-8-22-23(26-21)13-19(25-22)14-27-9-5-6-20(27)15-28/h7-8,10-13,20,25,28H,5-6,9,14-15H2,1-4H3. The van der Waals surface area contributed by atoms with E-state index in [0.29, 0.717) is 0 Å². The van der Waals surface area contributed by atoms with E-state index >= 15 is 0 Å². The maximum Gasteiger partial charge on any atom is 0.0889 e. The molecule has 28 heavy (non-hydrogen) atoms. The van der Waals surface area contributed by atoms with Crippen molar-refractivity contribution in [3.63, 3.8) is 0 Å². The van der Waals surface area contributed by atoms with Crippen LogP contribution in [-0.2, 0) is 12.0 Å². The van der Waals surface area contributed by atoms with Crippen molar-refractivity contribution in [2.75, 3.05) is 13.2 Å². The van der Waals surface area contributed by atoms with Gasteiger partial charge in [-0.3, -0.25) is 4.90 Å². The van der Waals surface area contributed by atoms with E-state index in [1.165, 1.54) is 22.4 Å². The number of likely N-dealkylation sites (tertiary alicyclic amines) is 1. The maximum atomic E-state index is 9.55. The average molecular weight is 378 g/mol. The van der Waals surface area contributed by atoms with E-state index in [1.807, 2.05) is 0 Å². The zero-order chi connectivity index (χ0) is 19.9. The molecule has 1 unspecified atom stereocenters. The number of nitrogens with one attached hydrogen (secondary N) is 1. The number of aryl methyl sites for hydroxylation is 1. The van der Waals surface area contributed by atoms with Gasteiger partial charge < -0.3 is 10.1 Å². The smallest absolute Gasteiger partial charge is 0.0889 e. The van der Waals surface area contributed by atoms with Gasteiger partial charge >= 0.3 is 0 Å². The van der Waals surface area contributed by atoms with Crippen molar-refractivity contribution >= 4 is 11.0 Å². The topological polar surface area (TPSA) is 52.2 Å². The zero-order valence-corrected chi connectivity index (χ0v) is 17.4. The van der Waals surface area contributed by atoms with Crippen molar-refractivity contribution in [1.29, 1.82) is 0 Å². The van der Waals surface area contributed by atoms with Gasteiger partial charge in [-0.1, -0.05) is 32.4 Å². The van der Waals surface area contributed by atoms with E-state index in [0.717, 1.165) is 42.7 Å². The fraction of sp³-hybridized carbons (Fsp3) is 0.458. The molecule has 0 spiro atoms. The van der Waals surface area contributed by atoms with E-state index in [9.17, 15) is 5.11 Å². The number of hydrogen-bond acceptors (Lipinski definition) is 3. The first-order valence-corrected chi connectivity index (χ1v) is 10.3. The first kappa shape index (κ1) is 19.2. The molecule has 1 aromatic carbocycles. The van der Waals surface area contributed by atoms with Gasteiger partial charge in [0.05, 0.1) is 23.3 Å². The van der Waals surface area contributed by atoms with Crippen LogP contribution in [0.1, 0.15) is 50.4 Å². The number of aliphatic hydroxyl groups excluding tert-OH is 1. The lowest BCUT2D eigenvalue weighted by Crippen LogP contribution is -2.31. The van der Waals surface area contributed by atoms with Gasteiger partial charge in [-0.25, -0.2) is 4.98 Å². The SMILES string of the molecule is Cc1cc(-c2ccc3[nH]c(CN4CCCC4CO)cc3n2)cc(C(C)(C)C)c1. The summed E-state index contributed by atoms with van der Waals surface area (Å²) in [6.45, 7) is 11.0. The zero-order valence-electron chi connectivity index (χ0n) is 17.4. The molecule has 1 fully saturated rings. The second-order valence-electron chi connectivity index (χ2n) is 9.21. The van der Waals surface area contributed by atoms with E-state index in [-0.39, 0.29) is 18.1 Å². The Morgan fingerprint density at radius 1 is 1.18 bits per heavy atom. The van der Waals surface area contributed by atoms with Gasteiger partial charge in [0.25, 0.3) is 0 Å². The molecule has 0 saturated carbocycles. The van der Waals surface area contributed by atoms with Gasteiger partial charge in [0.15, 0.2) is 0 Å². The molecular weight excluding hydrogens is 346 g/mol. The van der Waals surface area contributed by atoms with Crippen LogP contribution in [0.3, 0.4) is 0 Å². The minimum atomic E-state index is 0.116. The molecule has 1 atom stereocenters. The molecular formula is C24H31N3O. The Hall–Kier alpha value is -2.17. The lowest BCUT2D eigenvalue weighted by Gasteiger charge is -2.21. The monoisotopic (exact) mass is 377 g/mol. The van der Waals surface area contributed by atoms with Gasteiger partial charge in [0.2, 0.25) is 0 Å². The number of rotatable bonds is 4. The van der Waals surface area contributed by atoms with Crippen molar-refractivity contribution in [1.82, 2.24) is 14.9 Å². The molecule has 2 aromatic heterocycles. The Balaban J connectivity index is 1.64. The molecule has 0 bridgehead atoms. The number of aliphatic hydroxyl groups is 1. The summed E-state index contributed by atoms with van der Waals surface area (Å²) in [5.41, 5.74) is 8.15. The molecule has 3 heterocycles. The Kier molecular flexibility index (Phi) is 5.02. The van der Waals surface area contributed by atoms with Gasteiger partial charge in [-0.05, 0) is 67.6 Å². The average Bonchev–Trinajstić information content (AvgIpc) is 3.25. The first-order valence-electron chi connectivity index (χ1n) is 10.3. The largest absolute Gasteiger partial charge is 0.395 e. The molecule has 2 N–H and O–H groups in total. The number of fused-ring (bicyclic) bond motifs is 1. The van der Waals surface area contributed by atoms with Crippen molar-refractivity contribution in [2.45, 2.75) is 58.5 Å². The number of aromatic amines is 1. The van der Waals surface area contributed by atoms with Crippen molar-refractivity contribution < 1.29 is 5.11 Å². The van der Waals surface area contributed by atoms with Gasteiger partial charge in [0, 0.05) is 23.8 Å². The highest BCUT2D eigenvalue weighted by molar-refractivity contribution is 5.79. The van der Waals surface area contributed by atoms with Gasteiger partial charge in [-0.2, -0.15) is 0 Å². The minimum absolute atomic E-state index is 0.116. The van der Waals surface area contributed by atoms with Crippen LogP contribution in [-0.4, -0.2) is 39.2 Å². The number of aromatic nitrogens is 2. The van der Waals surface area contributed by atoms with E-state index in [4.69, 9.17) is 4.98 Å². The fourth-order valence-corrected chi connectivity index (χ4v) is 4.20. The molecule has 4 heteroatoms. The third-order valence-corrected chi connectivity index (χ3v) is 5.85. The predicted molar refractivity (Wildman–Crippen MR) is 115 cm³/mol. The third kappa shape index (κ3) is 3.85. The molecule has 148 valence electrons. The summed E-state index contributed by atoms with van der Waals surface area (Å²) in [6, 6.07) is 13.4. The molecule has 0 amide bonds. The van der Waals surface area contributed by atoms with E-state index < -0.39 is 0 Å². The molecule has 4 rings (SSSR count). The van der Waals surface area contributed by atoms with Crippen LogP contribution in [0, 0.1) is 6.92 Å². The third-order valence-electron chi connectivity index (χ3n) is 5.85. The summed E-state index contributed by atoms with van der Waals surface area (Å²) in [7, 11) is 0. The van der Waals surface area contributed by atoms with Crippen LogP contribution < -0.4 is 0 Å². The molecule has 0 radical (unpaired) electrons. The maximum absolute atomic E-state index is 9.55. The van der Waals surface area contributed by atoms with Crippen molar-refractivity contribution in [2.24, 2.45) is 0 Å². The second-order valence-corrected chi connectivity index (χ2v) is 9.21. The molecule has 1 saturated heterocycles. The van der Waals surface area contributed by atoms with Crippen LogP contribution in [0.5, 0.6) is 0 Å². The van der Waals surface area contributed by atoms with Crippen LogP contribution in [0.4, 0.5) is 0 Å². The Morgan fingerprint density at radius 2 is 2.00 bits per heavy atom. The summed E-state index contributed by atoms with van der Waals surface area (Å²) in [5.74, 6) is 0. The minimum Gasteiger partial charge on any atom is -0.395 e. The van der Waals surface area contributed by atoms with Crippen LogP contribution >= 0.6 is 0 Å². The van der Waals surface area contributed by atoms with Crippen LogP contribution in [0.2, 0.25) is 0 Å². The van der Waals surface area contributed by atoms with Gasteiger partial charge in [0.1, 0.15) is 0 Å². The molecule has 3 aromatic rings. The summed E-state index contributed by atoms with van der Waals surface area (Å²) in [5, 5.41) is 9.55. The molecule has 4 nitrogen and oxygen atoms in total. The lowest BCUT2D eigenvalue weighted by atomic mass is 9.85. The van der Waals surface area contributed by atoms with Gasteiger partial charge in [-0.15, -0.1) is 0 Å². The normalized spacial score (nSPS) is 18.2. The number of benzene rings is 1. The highest BCUT2D eigenvalue weighted by Crippen LogP contribution is 2.30. The molecule has 0 aliphatic carbocycles. The lowest BCUT2D eigenvalue weighted by molar-refractivity contribution is 0.152. The van der Waals surface area contributed by atoms with E-state index in [2.05, 4.69) is 74.0 Å². The Morgan fingerprint density at radius 3 is 2.75 bits per heavy atom. The number of hydrogen-bond donors (Lipinski definition) is 2. The Labute approximate surface area is 167 Å². The predicted octanol–water partition coefficient (Wildman–Crippen LogP) is 4.79. The summed E-state index contributed by atoms with van der Waals surface area (Å²) >= 11 is 0. The highest BCUT2D eigenvalue weighted by atomic mass is 16.3. The summed E-state index contributed by atoms with van der Waals surface area (Å²) in [4.78, 5) is 10.8. The quantitative estimate of drug-likeness (QED) is 0.687. The first-order chi connectivity index (χ1) is 13.3. The number of pyridine rings is 1. The van der Waals surface area contributed by atoms with Crippen molar-refractivity contribution in [3.05, 3.63) is 53.2 Å².